The molecule has 0 spiro atoms. The molecule has 0 fully saturated rings. The second-order valence-electron chi connectivity index (χ2n) is 4.35. The first kappa shape index (κ1) is 15.8. The largest absolute Gasteiger partial charge is 0.493 e. The molecule has 1 atom stereocenters. The van der Waals surface area contributed by atoms with Crippen molar-refractivity contribution < 1.29 is 23.0 Å². The summed E-state index contributed by atoms with van der Waals surface area (Å²) in [6.07, 6.45) is -4.74. The summed E-state index contributed by atoms with van der Waals surface area (Å²) in [7, 11) is 2.88. The second-order valence-corrected chi connectivity index (χ2v) is 5.27. The topological polar surface area (TPSA) is 47.3 Å². The minimum absolute atomic E-state index is 0.158. The van der Waals surface area contributed by atoms with E-state index in [0.29, 0.717) is 0 Å². The lowest BCUT2D eigenvalue weighted by molar-refractivity contribution is -0.139. The molecule has 8 heteroatoms. The Morgan fingerprint density at radius 2 is 2.05 bits per heavy atom. The number of halogens is 4. The lowest BCUT2D eigenvalue weighted by Gasteiger charge is -2.19. The molecule has 2 aromatic rings. The first-order valence-corrected chi connectivity index (χ1v) is 6.65. The number of hydrogen-bond acceptors (Lipinski definition) is 3. The first-order chi connectivity index (χ1) is 9.75. The van der Waals surface area contributed by atoms with Gasteiger partial charge in [0, 0.05) is 11.5 Å². The number of methoxy groups -OCH3 is 1. The zero-order valence-corrected chi connectivity index (χ0v) is 12.7. The zero-order valence-electron chi connectivity index (χ0n) is 11.1. The van der Waals surface area contributed by atoms with Crippen LogP contribution in [-0.4, -0.2) is 22.0 Å². The van der Waals surface area contributed by atoms with Gasteiger partial charge in [0.1, 0.15) is 11.8 Å². The molecule has 1 unspecified atom stereocenters. The van der Waals surface area contributed by atoms with Crippen LogP contribution in [-0.2, 0) is 13.2 Å². The van der Waals surface area contributed by atoms with E-state index in [0.717, 1.165) is 6.07 Å². The van der Waals surface area contributed by atoms with Gasteiger partial charge in [0.25, 0.3) is 0 Å². The van der Waals surface area contributed by atoms with E-state index in [1.54, 1.807) is 0 Å². The monoisotopic (exact) mass is 364 g/mol. The van der Waals surface area contributed by atoms with E-state index in [-0.39, 0.29) is 21.5 Å². The normalized spacial score (nSPS) is 13.3. The van der Waals surface area contributed by atoms with Crippen molar-refractivity contribution in [2.45, 2.75) is 12.3 Å². The minimum Gasteiger partial charge on any atom is -0.493 e. The van der Waals surface area contributed by atoms with Gasteiger partial charge in [-0.2, -0.15) is 18.3 Å². The first-order valence-electron chi connectivity index (χ1n) is 5.86. The number of alkyl halides is 3. The molecule has 0 amide bonds. The molecule has 0 saturated heterocycles. The highest BCUT2D eigenvalue weighted by molar-refractivity contribution is 9.10. The summed E-state index contributed by atoms with van der Waals surface area (Å²) >= 11 is 3.01. The maximum Gasteiger partial charge on any atom is 0.416 e. The van der Waals surface area contributed by atoms with E-state index in [4.69, 9.17) is 4.74 Å². The Balaban J connectivity index is 2.58. The van der Waals surface area contributed by atoms with Crippen molar-refractivity contribution in [1.29, 1.82) is 0 Å². The molecule has 1 aromatic heterocycles. The number of aryl methyl sites for hydroxylation is 1. The summed E-state index contributed by atoms with van der Waals surface area (Å²) in [4.78, 5) is 0. The third kappa shape index (κ3) is 3.06. The van der Waals surface area contributed by atoms with E-state index >= 15 is 0 Å². The van der Waals surface area contributed by atoms with E-state index in [1.165, 1.54) is 37.2 Å². The van der Waals surface area contributed by atoms with Gasteiger partial charge in [-0.05, 0) is 17.7 Å². The molecule has 0 aliphatic rings. The highest BCUT2D eigenvalue weighted by atomic mass is 79.9. The molecule has 114 valence electrons. The number of rotatable bonds is 3. The third-order valence-electron chi connectivity index (χ3n) is 3.04. The van der Waals surface area contributed by atoms with E-state index < -0.39 is 17.8 Å². The lowest BCUT2D eigenvalue weighted by atomic mass is 9.99. The van der Waals surface area contributed by atoms with Crippen LogP contribution in [0.25, 0.3) is 0 Å². The average molecular weight is 365 g/mol. The van der Waals surface area contributed by atoms with Gasteiger partial charge >= 0.3 is 6.18 Å². The van der Waals surface area contributed by atoms with Crippen LogP contribution in [0, 0.1) is 0 Å². The fraction of sp³-hybridized carbons (Fsp3) is 0.308. The third-order valence-corrected chi connectivity index (χ3v) is 3.54. The van der Waals surface area contributed by atoms with Crippen molar-refractivity contribution in [3.8, 4) is 5.75 Å². The summed E-state index contributed by atoms with van der Waals surface area (Å²) in [5.74, 6) is 0.223. The predicted octanol–water partition coefficient (Wildman–Crippen LogP) is 3.29. The van der Waals surface area contributed by atoms with Gasteiger partial charge < -0.3 is 9.84 Å². The Hall–Kier alpha value is -1.54. The molecular formula is C13H12BrF3N2O2. The summed E-state index contributed by atoms with van der Waals surface area (Å²) in [5.41, 5.74) is -1.01. The number of aliphatic hydroxyl groups is 1. The van der Waals surface area contributed by atoms with Crippen molar-refractivity contribution >= 4 is 15.9 Å². The molecule has 21 heavy (non-hydrogen) atoms. The molecular weight excluding hydrogens is 353 g/mol. The van der Waals surface area contributed by atoms with Crippen LogP contribution in [0.5, 0.6) is 5.75 Å². The summed E-state index contributed by atoms with van der Waals surface area (Å²) in [5, 5.41) is 14.2. The van der Waals surface area contributed by atoms with Gasteiger partial charge in [0.15, 0.2) is 5.75 Å². The molecule has 0 aliphatic heterocycles. The molecule has 0 bridgehead atoms. The van der Waals surface area contributed by atoms with Crippen LogP contribution >= 0.6 is 15.9 Å². The molecule has 0 saturated carbocycles. The van der Waals surface area contributed by atoms with E-state index in [9.17, 15) is 18.3 Å². The van der Waals surface area contributed by atoms with Crippen molar-refractivity contribution in [2.75, 3.05) is 7.11 Å². The highest BCUT2D eigenvalue weighted by Gasteiger charge is 2.36. The van der Waals surface area contributed by atoms with Crippen molar-refractivity contribution in [2.24, 2.45) is 7.05 Å². The lowest BCUT2D eigenvalue weighted by Crippen LogP contribution is -2.15. The summed E-state index contributed by atoms with van der Waals surface area (Å²) < 4.78 is 46.0. The molecule has 1 heterocycles. The molecule has 0 aliphatic carbocycles. The molecule has 1 aromatic carbocycles. The van der Waals surface area contributed by atoms with Crippen LogP contribution in [0.2, 0.25) is 0 Å². The number of hydrogen-bond donors (Lipinski definition) is 1. The summed E-state index contributed by atoms with van der Waals surface area (Å²) in [6, 6.07) is 3.60. The molecule has 4 nitrogen and oxygen atoms in total. The van der Waals surface area contributed by atoms with Crippen LogP contribution in [0.4, 0.5) is 13.2 Å². The molecule has 2 rings (SSSR count). The molecule has 1 N–H and O–H groups in total. The highest BCUT2D eigenvalue weighted by Crippen LogP contribution is 2.39. The Morgan fingerprint density at radius 3 is 2.62 bits per heavy atom. The van der Waals surface area contributed by atoms with Gasteiger partial charge in [0.05, 0.1) is 18.9 Å². The number of ether oxygens (including phenoxy) is 1. The van der Waals surface area contributed by atoms with Crippen LogP contribution in [0.15, 0.2) is 28.9 Å². The average Bonchev–Trinajstić information content (AvgIpc) is 2.78. The Bertz CT molecular complexity index is 655. The van der Waals surface area contributed by atoms with Crippen molar-refractivity contribution in [3.05, 3.63) is 45.7 Å². The Kier molecular flexibility index (Phi) is 4.29. The molecule has 0 radical (unpaired) electrons. The minimum atomic E-state index is -4.58. The van der Waals surface area contributed by atoms with E-state index in [1.807, 2.05) is 0 Å². The van der Waals surface area contributed by atoms with Gasteiger partial charge in [-0.3, -0.25) is 4.68 Å². The fourth-order valence-corrected chi connectivity index (χ4v) is 2.42. The maximum atomic E-state index is 13.1. The van der Waals surface area contributed by atoms with Gasteiger partial charge in [0.2, 0.25) is 0 Å². The number of nitrogens with zero attached hydrogens (tertiary/aromatic N) is 2. The number of aromatic nitrogens is 2. The van der Waals surface area contributed by atoms with Gasteiger partial charge in [-0.15, -0.1) is 0 Å². The second kappa shape index (κ2) is 5.69. The van der Waals surface area contributed by atoms with Crippen LogP contribution in [0.3, 0.4) is 0 Å². The predicted molar refractivity (Wildman–Crippen MR) is 73.0 cm³/mol. The Morgan fingerprint density at radius 1 is 1.38 bits per heavy atom. The fourth-order valence-electron chi connectivity index (χ4n) is 2.06. The SMILES string of the molecule is COc1cnn(C)c1C(O)c1ccc(Br)cc1C(F)(F)F. The van der Waals surface area contributed by atoms with Crippen molar-refractivity contribution in [3.63, 3.8) is 0 Å². The van der Waals surface area contributed by atoms with Crippen LogP contribution < -0.4 is 4.74 Å². The van der Waals surface area contributed by atoms with Crippen molar-refractivity contribution in [1.82, 2.24) is 9.78 Å². The smallest absolute Gasteiger partial charge is 0.416 e. The maximum absolute atomic E-state index is 13.1. The number of aliphatic hydroxyl groups excluding tert-OH is 1. The van der Waals surface area contributed by atoms with E-state index in [2.05, 4.69) is 21.0 Å². The van der Waals surface area contributed by atoms with Crippen LogP contribution in [0.1, 0.15) is 22.9 Å². The van der Waals surface area contributed by atoms with Gasteiger partial charge in [-0.25, -0.2) is 0 Å². The van der Waals surface area contributed by atoms with Gasteiger partial charge in [-0.1, -0.05) is 22.0 Å². The quantitative estimate of drug-likeness (QED) is 0.908. The zero-order chi connectivity index (χ0) is 15.8. The summed E-state index contributed by atoms with van der Waals surface area (Å²) in [6.45, 7) is 0. The standard InChI is InChI=1S/C13H12BrF3N2O2/c1-19-11(10(21-2)6-18-19)12(20)8-4-3-7(14)5-9(8)13(15,16)17/h3-6,12,20H,1-2H3. The Labute approximate surface area is 127 Å². The number of benzene rings is 1.